The van der Waals surface area contributed by atoms with E-state index in [1.807, 2.05) is 0 Å². The van der Waals surface area contributed by atoms with Gasteiger partial charge in [0.15, 0.2) is 0 Å². The van der Waals surface area contributed by atoms with Crippen molar-refractivity contribution >= 4 is 0 Å². The van der Waals surface area contributed by atoms with Gasteiger partial charge in [0, 0.05) is 25.7 Å². The Labute approximate surface area is 81.5 Å². The van der Waals surface area contributed by atoms with Crippen molar-refractivity contribution in [1.82, 2.24) is 4.90 Å². The summed E-state index contributed by atoms with van der Waals surface area (Å²) in [6, 6.07) is 0.907. The number of hydrogen-bond acceptors (Lipinski definition) is 2. The average molecular weight is 182 g/mol. The van der Waals surface area contributed by atoms with Crippen LogP contribution in [-0.2, 0) is 0 Å². The Morgan fingerprint density at radius 3 is 2.31 bits per heavy atom. The first-order valence-electron chi connectivity index (χ1n) is 5.84. The van der Waals surface area contributed by atoms with Gasteiger partial charge in [-0.3, -0.25) is 4.90 Å². The lowest BCUT2D eigenvalue weighted by Crippen LogP contribution is -2.35. The highest BCUT2D eigenvalue weighted by molar-refractivity contribution is 4.86. The summed E-state index contributed by atoms with van der Waals surface area (Å²) in [7, 11) is 0. The molecule has 2 aliphatic carbocycles. The quantitative estimate of drug-likeness (QED) is 0.700. The Bertz CT molecular complexity index is 148. The van der Waals surface area contributed by atoms with Crippen molar-refractivity contribution in [1.29, 1.82) is 0 Å². The fourth-order valence-corrected chi connectivity index (χ4v) is 2.55. The van der Waals surface area contributed by atoms with Crippen molar-refractivity contribution in [2.75, 3.05) is 19.6 Å². The largest absolute Gasteiger partial charge is 0.329 e. The van der Waals surface area contributed by atoms with Crippen molar-refractivity contribution in [2.24, 2.45) is 11.7 Å². The molecule has 0 radical (unpaired) electrons. The van der Waals surface area contributed by atoms with E-state index in [9.17, 15) is 0 Å². The van der Waals surface area contributed by atoms with Crippen LogP contribution in [0.5, 0.6) is 0 Å². The molecular formula is C11H22N2. The molecule has 0 bridgehead atoms. The van der Waals surface area contributed by atoms with Gasteiger partial charge in [-0.05, 0) is 31.6 Å². The summed E-state index contributed by atoms with van der Waals surface area (Å²) in [5.74, 6) is 0.993. The maximum absolute atomic E-state index is 5.63. The van der Waals surface area contributed by atoms with E-state index in [2.05, 4.69) is 4.90 Å². The number of hydrogen-bond donors (Lipinski definition) is 1. The topological polar surface area (TPSA) is 29.3 Å². The molecule has 2 nitrogen and oxygen atoms in total. The lowest BCUT2D eigenvalue weighted by Gasteiger charge is -2.24. The highest BCUT2D eigenvalue weighted by Crippen LogP contribution is 2.31. The zero-order valence-corrected chi connectivity index (χ0v) is 8.54. The van der Waals surface area contributed by atoms with Crippen LogP contribution in [0.4, 0.5) is 0 Å². The van der Waals surface area contributed by atoms with Gasteiger partial charge in [-0.15, -0.1) is 0 Å². The van der Waals surface area contributed by atoms with Crippen LogP contribution in [0.3, 0.4) is 0 Å². The van der Waals surface area contributed by atoms with E-state index < -0.39 is 0 Å². The number of rotatable bonds is 5. The molecule has 0 atom stereocenters. The number of nitrogens with two attached hydrogens (primary N) is 1. The van der Waals surface area contributed by atoms with Gasteiger partial charge >= 0.3 is 0 Å². The molecule has 0 aromatic carbocycles. The first-order chi connectivity index (χ1) is 6.40. The van der Waals surface area contributed by atoms with E-state index >= 15 is 0 Å². The smallest absolute Gasteiger partial charge is 0.0108 e. The molecule has 0 aromatic rings. The lowest BCUT2D eigenvalue weighted by atomic mass is 10.1. The predicted octanol–water partition coefficient (Wildman–Crippen LogP) is 1.60. The summed E-state index contributed by atoms with van der Waals surface area (Å²) in [6.07, 6.45) is 8.71. The van der Waals surface area contributed by atoms with Crippen molar-refractivity contribution < 1.29 is 0 Å². The second-order valence-corrected chi connectivity index (χ2v) is 4.67. The molecule has 2 rings (SSSR count). The van der Waals surface area contributed by atoms with Gasteiger partial charge in [0.05, 0.1) is 0 Å². The summed E-state index contributed by atoms with van der Waals surface area (Å²) in [5.41, 5.74) is 5.63. The summed E-state index contributed by atoms with van der Waals surface area (Å²) in [6.45, 7) is 3.30. The van der Waals surface area contributed by atoms with E-state index in [0.717, 1.165) is 25.0 Å². The molecule has 2 fully saturated rings. The molecule has 13 heavy (non-hydrogen) atoms. The van der Waals surface area contributed by atoms with Crippen LogP contribution in [-0.4, -0.2) is 30.6 Å². The molecule has 0 spiro atoms. The molecule has 2 N–H and O–H groups in total. The predicted molar refractivity (Wildman–Crippen MR) is 55.6 cm³/mol. The minimum absolute atomic E-state index is 0.837. The van der Waals surface area contributed by atoms with Gasteiger partial charge < -0.3 is 5.73 Å². The fourth-order valence-electron chi connectivity index (χ4n) is 2.55. The minimum atomic E-state index is 0.837. The first-order valence-corrected chi connectivity index (χ1v) is 5.84. The first kappa shape index (κ1) is 9.47. The minimum Gasteiger partial charge on any atom is -0.329 e. The molecule has 2 saturated carbocycles. The van der Waals surface area contributed by atoms with E-state index in [1.165, 1.54) is 45.1 Å². The van der Waals surface area contributed by atoms with Gasteiger partial charge in [-0.25, -0.2) is 0 Å². The van der Waals surface area contributed by atoms with Crippen LogP contribution < -0.4 is 5.73 Å². The number of nitrogens with zero attached hydrogens (tertiary/aromatic N) is 1. The summed E-state index contributed by atoms with van der Waals surface area (Å²) >= 11 is 0. The Balaban J connectivity index is 1.74. The van der Waals surface area contributed by atoms with Gasteiger partial charge in [0.1, 0.15) is 0 Å². The second kappa shape index (κ2) is 4.43. The summed E-state index contributed by atoms with van der Waals surface area (Å²) < 4.78 is 0. The summed E-state index contributed by atoms with van der Waals surface area (Å²) in [5, 5.41) is 0. The van der Waals surface area contributed by atoms with E-state index in [1.54, 1.807) is 0 Å². The van der Waals surface area contributed by atoms with Crippen LogP contribution >= 0.6 is 0 Å². The molecule has 2 aliphatic rings. The van der Waals surface area contributed by atoms with E-state index in [0.29, 0.717) is 0 Å². The Morgan fingerprint density at radius 2 is 1.77 bits per heavy atom. The highest BCUT2D eigenvalue weighted by Gasteiger charge is 2.30. The molecule has 0 heterocycles. The van der Waals surface area contributed by atoms with Gasteiger partial charge in [-0.2, -0.15) is 0 Å². The Hall–Kier alpha value is -0.0800. The molecule has 2 heteroatoms. The van der Waals surface area contributed by atoms with Crippen LogP contribution in [0.25, 0.3) is 0 Å². The van der Waals surface area contributed by atoms with Crippen LogP contribution in [0, 0.1) is 5.92 Å². The molecule has 0 saturated heterocycles. The SMILES string of the molecule is NCCN(CC1CCCC1)C1CC1. The lowest BCUT2D eigenvalue weighted by molar-refractivity contribution is 0.228. The van der Waals surface area contributed by atoms with Crippen molar-refractivity contribution in [3.8, 4) is 0 Å². The summed E-state index contributed by atoms with van der Waals surface area (Å²) in [4.78, 5) is 2.63. The second-order valence-electron chi connectivity index (χ2n) is 4.67. The third-order valence-corrected chi connectivity index (χ3v) is 3.45. The normalized spacial score (nSPS) is 24.5. The zero-order valence-electron chi connectivity index (χ0n) is 8.54. The maximum Gasteiger partial charge on any atom is 0.0108 e. The average Bonchev–Trinajstić information content (AvgIpc) is 2.85. The maximum atomic E-state index is 5.63. The highest BCUT2D eigenvalue weighted by atomic mass is 15.2. The fraction of sp³-hybridized carbons (Fsp3) is 1.00. The molecule has 0 aromatic heterocycles. The van der Waals surface area contributed by atoms with E-state index in [-0.39, 0.29) is 0 Å². The molecule has 0 unspecified atom stereocenters. The van der Waals surface area contributed by atoms with E-state index in [4.69, 9.17) is 5.73 Å². The molecular weight excluding hydrogens is 160 g/mol. The van der Waals surface area contributed by atoms with Crippen molar-refractivity contribution in [3.05, 3.63) is 0 Å². The van der Waals surface area contributed by atoms with Crippen LogP contribution in [0.1, 0.15) is 38.5 Å². The Kier molecular flexibility index (Phi) is 3.23. The monoisotopic (exact) mass is 182 g/mol. The molecule has 0 aliphatic heterocycles. The van der Waals surface area contributed by atoms with Crippen molar-refractivity contribution in [2.45, 2.75) is 44.6 Å². The van der Waals surface area contributed by atoms with Crippen LogP contribution in [0.15, 0.2) is 0 Å². The van der Waals surface area contributed by atoms with Gasteiger partial charge in [0.2, 0.25) is 0 Å². The van der Waals surface area contributed by atoms with Crippen LogP contribution in [0.2, 0.25) is 0 Å². The zero-order chi connectivity index (χ0) is 9.10. The standard InChI is InChI=1S/C11H22N2/c12-7-8-13(11-5-6-11)9-10-3-1-2-4-10/h10-11H,1-9,12H2. The Morgan fingerprint density at radius 1 is 1.08 bits per heavy atom. The third kappa shape index (κ3) is 2.68. The molecule has 76 valence electrons. The van der Waals surface area contributed by atoms with Gasteiger partial charge in [-0.1, -0.05) is 12.8 Å². The third-order valence-electron chi connectivity index (χ3n) is 3.45. The van der Waals surface area contributed by atoms with Gasteiger partial charge in [0.25, 0.3) is 0 Å². The van der Waals surface area contributed by atoms with Crippen molar-refractivity contribution in [3.63, 3.8) is 0 Å². The molecule has 0 amide bonds.